The average Bonchev–Trinajstić information content (AvgIpc) is 3.07. The molecule has 0 amide bonds. The summed E-state index contributed by atoms with van der Waals surface area (Å²) in [5, 5.41) is 10.7. The Hall–Kier alpha value is -2.70. The van der Waals surface area contributed by atoms with Gasteiger partial charge >= 0.3 is 5.97 Å². The Balaban J connectivity index is 1.53. The number of hydrogen-bond donors (Lipinski definition) is 2. The van der Waals surface area contributed by atoms with E-state index >= 15 is 0 Å². The molecule has 0 saturated carbocycles. The first-order valence-electron chi connectivity index (χ1n) is 13.0. The molecule has 0 aromatic heterocycles. The number of nitrogens with two attached hydrogens (primary N) is 1. The van der Waals surface area contributed by atoms with Crippen LogP contribution in [0.2, 0.25) is 10.0 Å². The van der Waals surface area contributed by atoms with E-state index in [0.717, 1.165) is 77.9 Å². The van der Waals surface area contributed by atoms with Crippen molar-refractivity contribution in [2.75, 3.05) is 26.3 Å². The molecule has 7 heteroatoms. The second-order valence-electron chi connectivity index (χ2n) is 10.2. The Morgan fingerprint density at radius 1 is 1.03 bits per heavy atom. The zero-order valence-corrected chi connectivity index (χ0v) is 22.6. The van der Waals surface area contributed by atoms with Crippen LogP contribution in [-0.4, -0.2) is 42.3 Å². The maximum atomic E-state index is 12.5. The Kier molecular flexibility index (Phi) is 8.20. The van der Waals surface area contributed by atoms with Crippen LogP contribution in [0.5, 0.6) is 0 Å². The molecule has 0 bridgehead atoms. The van der Waals surface area contributed by atoms with Crippen molar-refractivity contribution in [1.82, 2.24) is 4.90 Å². The number of fused-ring (bicyclic) bond motifs is 1. The summed E-state index contributed by atoms with van der Waals surface area (Å²) in [6.07, 6.45) is 3.02. The van der Waals surface area contributed by atoms with E-state index in [-0.39, 0.29) is 12.7 Å². The molecule has 3 aromatic carbocycles. The van der Waals surface area contributed by atoms with E-state index in [1.807, 2.05) is 18.2 Å². The number of carboxylic acid groups (broad SMARTS) is 1. The zero-order valence-electron chi connectivity index (χ0n) is 21.1. The highest BCUT2D eigenvalue weighted by atomic mass is 35.5. The van der Waals surface area contributed by atoms with Crippen LogP contribution in [0, 0.1) is 5.92 Å². The molecule has 0 radical (unpaired) electrons. The van der Waals surface area contributed by atoms with Crippen molar-refractivity contribution >= 4 is 40.3 Å². The quantitative estimate of drug-likeness (QED) is 0.308. The minimum Gasteiger partial charge on any atom is -0.478 e. The molecule has 1 heterocycles. The maximum Gasteiger partial charge on any atom is 0.335 e. The van der Waals surface area contributed by atoms with Crippen LogP contribution < -0.4 is 5.73 Å². The van der Waals surface area contributed by atoms with Gasteiger partial charge in [0.15, 0.2) is 0 Å². The van der Waals surface area contributed by atoms with Crippen molar-refractivity contribution in [3.63, 3.8) is 0 Å². The summed E-state index contributed by atoms with van der Waals surface area (Å²) in [5.41, 5.74) is 14.2. The normalized spacial score (nSPS) is 17.1. The fourth-order valence-electron chi connectivity index (χ4n) is 5.70. The Morgan fingerprint density at radius 2 is 1.76 bits per heavy atom. The molecule has 2 aliphatic rings. The molecule has 38 heavy (non-hydrogen) atoms. The Bertz CT molecular complexity index is 1370. The van der Waals surface area contributed by atoms with Gasteiger partial charge in [0, 0.05) is 41.6 Å². The lowest BCUT2D eigenvalue weighted by Crippen LogP contribution is -2.51. The summed E-state index contributed by atoms with van der Waals surface area (Å²) in [4.78, 5) is 13.9. The molecule has 1 aliphatic heterocycles. The lowest BCUT2D eigenvalue weighted by Gasteiger charge is -2.42. The molecular weight excluding hydrogens is 522 g/mol. The van der Waals surface area contributed by atoms with Gasteiger partial charge in [0.2, 0.25) is 0 Å². The first-order valence-corrected chi connectivity index (χ1v) is 13.8. The second-order valence-corrected chi connectivity index (χ2v) is 11.1. The molecule has 3 N–H and O–H groups in total. The number of benzene rings is 3. The van der Waals surface area contributed by atoms with Gasteiger partial charge in [-0.15, -0.1) is 0 Å². The van der Waals surface area contributed by atoms with Crippen LogP contribution in [0.4, 0.5) is 4.39 Å². The fraction of sp³-hybridized carbons (Fsp3) is 0.323. The van der Waals surface area contributed by atoms with Gasteiger partial charge in [-0.2, -0.15) is 0 Å². The number of nitrogens with zero attached hydrogens (tertiary/aromatic N) is 1. The summed E-state index contributed by atoms with van der Waals surface area (Å²) < 4.78 is 12.5. The third-order valence-electron chi connectivity index (χ3n) is 7.74. The van der Waals surface area contributed by atoms with Gasteiger partial charge in [-0.05, 0) is 88.9 Å². The molecule has 1 aliphatic carbocycles. The van der Waals surface area contributed by atoms with Crippen molar-refractivity contribution in [3.8, 4) is 0 Å². The van der Waals surface area contributed by atoms with Gasteiger partial charge in [-0.25, -0.2) is 4.79 Å². The van der Waals surface area contributed by atoms with Crippen LogP contribution in [0.15, 0.2) is 60.7 Å². The van der Waals surface area contributed by atoms with Crippen molar-refractivity contribution in [2.24, 2.45) is 11.7 Å². The largest absolute Gasteiger partial charge is 0.478 e. The van der Waals surface area contributed by atoms with Crippen LogP contribution >= 0.6 is 23.2 Å². The molecule has 1 fully saturated rings. The van der Waals surface area contributed by atoms with Gasteiger partial charge in [0.1, 0.15) is 0 Å². The zero-order chi connectivity index (χ0) is 26.8. The second kappa shape index (κ2) is 11.6. The Morgan fingerprint density at radius 3 is 2.45 bits per heavy atom. The molecule has 4 nitrogen and oxygen atoms in total. The number of aryl methyl sites for hydroxylation is 1. The van der Waals surface area contributed by atoms with E-state index in [1.165, 1.54) is 0 Å². The first-order chi connectivity index (χ1) is 18.4. The number of aromatic carboxylic acids is 1. The number of rotatable bonds is 8. The van der Waals surface area contributed by atoms with Gasteiger partial charge in [-0.1, -0.05) is 59.6 Å². The molecule has 1 unspecified atom stereocenters. The van der Waals surface area contributed by atoms with Gasteiger partial charge in [0.05, 0.1) is 12.2 Å². The lowest BCUT2D eigenvalue weighted by atomic mass is 9.84. The molecule has 0 spiro atoms. The molecular formula is C31H31Cl2FN2O2. The third-order valence-corrected chi connectivity index (χ3v) is 8.29. The lowest BCUT2D eigenvalue weighted by molar-refractivity contribution is 0.0696. The van der Waals surface area contributed by atoms with Crippen molar-refractivity contribution in [1.29, 1.82) is 0 Å². The van der Waals surface area contributed by atoms with Crippen molar-refractivity contribution in [2.45, 2.75) is 31.7 Å². The maximum absolute atomic E-state index is 12.5. The van der Waals surface area contributed by atoms with Gasteiger partial charge in [0.25, 0.3) is 0 Å². The summed E-state index contributed by atoms with van der Waals surface area (Å²) in [6.45, 7) is 2.29. The van der Waals surface area contributed by atoms with Gasteiger partial charge in [-0.3, -0.25) is 4.39 Å². The summed E-state index contributed by atoms with van der Waals surface area (Å²) in [7, 11) is 0. The SMILES string of the molecule is NC(c1ccc(C2=C(c3ccc(Cl)cc3Cl)CCCc3cc(C(=O)O)ccc32)cc1)C1CN(CCCF)C1. The van der Waals surface area contributed by atoms with E-state index in [9.17, 15) is 14.3 Å². The number of halogens is 3. The standard InChI is InChI=1S/C31H31Cl2FN2O2/c32-24-10-12-26(28(33)16-24)27-4-1-3-21-15-22(31(37)38)9-11-25(21)29(27)19-5-7-20(8-6-19)30(35)23-17-36(18-23)14-2-13-34/h5-12,15-16,23,30H,1-4,13-14,17-18,35H2,(H,37,38). The molecule has 1 atom stereocenters. The van der Waals surface area contributed by atoms with E-state index in [1.54, 1.807) is 18.2 Å². The molecule has 5 rings (SSSR count). The number of hydrogen-bond acceptors (Lipinski definition) is 3. The minimum absolute atomic E-state index is 0.0793. The molecule has 198 valence electrons. The van der Waals surface area contributed by atoms with E-state index < -0.39 is 5.97 Å². The van der Waals surface area contributed by atoms with E-state index in [4.69, 9.17) is 28.9 Å². The summed E-state index contributed by atoms with van der Waals surface area (Å²) >= 11 is 12.9. The predicted octanol–water partition coefficient (Wildman–Crippen LogP) is 7.28. The number of likely N-dealkylation sites (tertiary alicyclic amines) is 1. The molecule has 3 aromatic rings. The van der Waals surface area contributed by atoms with Crippen LogP contribution in [0.1, 0.15) is 63.5 Å². The first kappa shape index (κ1) is 26.9. The van der Waals surface area contributed by atoms with Crippen LogP contribution in [-0.2, 0) is 6.42 Å². The summed E-state index contributed by atoms with van der Waals surface area (Å²) in [6, 6.07) is 19.3. The predicted molar refractivity (Wildman–Crippen MR) is 153 cm³/mol. The van der Waals surface area contributed by atoms with E-state index in [0.29, 0.717) is 27.9 Å². The van der Waals surface area contributed by atoms with Gasteiger partial charge < -0.3 is 15.7 Å². The highest BCUT2D eigenvalue weighted by molar-refractivity contribution is 6.36. The smallest absolute Gasteiger partial charge is 0.335 e. The number of alkyl halides is 1. The monoisotopic (exact) mass is 552 g/mol. The number of carboxylic acids is 1. The average molecular weight is 554 g/mol. The fourth-order valence-corrected chi connectivity index (χ4v) is 6.22. The number of allylic oxidation sites excluding steroid dienone is 1. The third kappa shape index (κ3) is 5.52. The van der Waals surface area contributed by atoms with E-state index in [2.05, 4.69) is 29.2 Å². The highest BCUT2D eigenvalue weighted by Gasteiger charge is 2.32. The van der Waals surface area contributed by atoms with Crippen molar-refractivity contribution in [3.05, 3.63) is 104 Å². The van der Waals surface area contributed by atoms with Crippen molar-refractivity contribution < 1.29 is 14.3 Å². The number of carbonyl (C=O) groups is 1. The topological polar surface area (TPSA) is 66.6 Å². The van der Waals surface area contributed by atoms with Crippen LogP contribution in [0.3, 0.4) is 0 Å². The summed E-state index contributed by atoms with van der Waals surface area (Å²) in [5.74, 6) is -0.572. The van der Waals surface area contributed by atoms with Crippen LogP contribution in [0.25, 0.3) is 11.1 Å². The highest BCUT2D eigenvalue weighted by Crippen LogP contribution is 2.42. The molecule has 1 saturated heterocycles. The minimum atomic E-state index is -0.929. The Labute approximate surface area is 232 Å².